The second kappa shape index (κ2) is 6.80. The van der Waals surface area contributed by atoms with Crippen molar-refractivity contribution in [3.05, 3.63) is 54.0 Å². The number of rotatable bonds is 6. The number of carbonyl (C=O) groups excluding carboxylic acids is 1. The first-order valence-corrected chi connectivity index (χ1v) is 6.86. The molecule has 1 aromatic heterocycles. The molecule has 0 aliphatic heterocycles. The molecule has 0 bridgehead atoms. The molecule has 106 valence electrons. The average Bonchev–Trinajstić information content (AvgIpc) is 2.92. The van der Waals surface area contributed by atoms with E-state index in [9.17, 15) is 4.79 Å². The van der Waals surface area contributed by atoms with E-state index in [2.05, 4.69) is 17.6 Å². The van der Waals surface area contributed by atoms with E-state index in [-0.39, 0.29) is 11.9 Å². The SMILES string of the molecule is CCNC(=O)c1cccc(NC(C)Cc2ccco2)c1. The van der Waals surface area contributed by atoms with Crippen LogP contribution in [-0.2, 0) is 6.42 Å². The first kappa shape index (κ1) is 14.2. The molecule has 0 saturated heterocycles. The van der Waals surface area contributed by atoms with Crippen molar-refractivity contribution in [2.45, 2.75) is 26.3 Å². The molecule has 1 atom stereocenters. The lowest BCUT2D eigenvalue weighted by molar-refractivity contribution is 0.0956. The summed E-state index contributed by atoms with van der Waals surface area (Å²) in [5, 5.41) is 6.17. The van der Waals surface area contributed by atoms with Gasteiger partial charge in [-0.1, -0.05) is 6.07 Å². The first-order chi connectivity index (χ1) is 9.69. The fourth-order valence-corrected chi connectivity index (χ4v) is 2.08. The van der Waals surface area contributed by atoms with Crippen LogP contribution in [0.4, 0.5) is 5.69 Å². The Morgan fingerprint density at radius 3 is 2.85 bits per heavy atom. The number of nitrogens with one attached hydrogen (secondary N) is 2. The molecule has 0 radical (unpaired) electrons. The molecule has 2 rings (SSSR count). The maximum atomic E-state index is 11.8. The summed E-state index contributed by atoms with van der Waals surface area (Å²) in [5.41, 5.74) is 1.61. The lowest BCUT2D eigenvalue weighted by Crippen LogP contribution is -2.23. The second-order valence-corrected chi connectivity index (χ2v) is 4.77. The highest BCUT2D eigenvalue weighted by Crippen LogP contribution is 2.14. The summed E-state index contributed by atoms with van der Waals surface area (Å²) in [7, 11) is 0. The molecule has 1 amide bonds. The van der Waals surface area contributed by atoms with Gasteiger partial charge in [0, 0.05) is 30.3 Å². The van der Waals surface area contributed by atoms with E-state index in [1.165, 1.54) is 0 Å². The standard InChI is InChI=1S/C16H20N2O2/c1-3-17-16(19)13-6-4-7-14(11-13)18-12(2)10-15-8-5-9-20-15/h4-9,11-12,18H,3,10H2,1-2H3,(H,17,19). The molecule has 0 aliphatic carbocycles. The smallest absolute Gasteiger partial charge is 0.251 e. The highest BCUT2D eigenvalue weighted by Gasteiger charge is 2.08. The number of amides is 1. The summed E-state index contributed by atoms with van der Waals surface area (Å²) in [5.74, 6) is 0.903. The second-order valence-electron chi connectivity index (χ2n) is 4.77. The lowest BCUT2D eigenvalue weighted by Gasteiger charge is -2.14. The van der Waals surface area contributed by atoms with Gasteiger partial charge in [-0.05, 0) is 44.2 Å². The molecule has 0 aliphatic rings. The number of hydrogen-bond donors (Lipinski definition) is 2. The topological polar surface area (TPSA) is 54.3 Å². The van der Waals surface area contributed by atoms with Gasteiger partial charge in [0.1, 0.15) is 5.76 Å². The predicted octanol–water partition coefficient (Wildman–Crippen LogP) is 3.07. The van der Waals surface area contributed by atoms with E-state index in [0.717, 1.165) is 17.9 Å². The molecule has 0 spiro atoms. The molecular formula is C16H20N2O2. The monoisotopic (exact) mass is 272 g/mol. The molecule has 1 heterocycles. The fourth-order valence-electron chi connectivity index (χ4n) is 2.08. The Kier molecular flexibility index (Phi) is 4.82. The third-order valence-corrected chi connectivity index (χ3v) is 2.96. The number of furan rings is 1. The first-order valence-electron chi connectivity index (χ1n) is 6.86. The van der Waals surface area contributed by atoms with E-state index in [4.69, 9.17) is 4.42 Å². The van der Waals surface area contributed by atoms with Crippen LogP contribution in [0.25, 0.3) is 0 Å². The summed E-state index contributed by atoms with van der Waals surface area (Å²) >= 11 is 0. The summed E-state index contributed by atoms with van der Waals surface area (Å²) in [6, 6.07) is 11.6. The van der Waals surface area contributed by atoms with Crippen molar-refractivity contribution in [2.24, 2.45) is 0 Å². The molecule has 1 unspecified atom stereocenters. The van der Waals surface area contributed by atoms with Crippen LogP contribution in [0.1, 0.15) is 30.0 Å². The fraction of sp³-hybridized carbons (Fsp3) is 0.312. The van der Waals surface area contributed by atoms with Crippen LogP contribution in [-0.4, -0.2) is 18.5 Å². The normalized spacial score (nSPS) is 11.9. The van der Waals surface area contributed by atoms with Crippen LogP contribution in [0.15, 0.2) is 47.1 Å². The van der Waals surface area contributed by atoms with Gasteiger partial charge in [-0.3, -0.25) is 4.79 Å². The van der Waals surface area contributed by atoms with Crippen LogP contribution in [0.5, 0.6) is 0 Å². The Labute approximate surface area is 119 Å². The molecule has 0 fully saturated rings. The largest absolute Gasteiger partial charge is 0.469 e. The van der Waals surface area contributed by atoms with Gasteiger partial charge in [0.2, 0.25) is 0 Å². The van der Waals surface area contributed by atoms with Gasteiger partial charge in [0.25, 0.3) is 5.91 Å². The van der Waals surface area contributed by atoms with Crippen molar-refractivity contribution >= 4 is 11.6 Å². The maximum absolute atomic E-state index is 11.8. The maximum Gasteiger partial charge on any atom is 0.251 e. The summed E-state index contributed by atoms with van der Waals surface area (Å²) in [6.45, 7) is 4.62. The van der Waals surface area contributed by atoms with Gasteiger partial charge in [-0.15, -0.1) is 0 Å². The summed E-state index contributed by atoms with van der Waals surface area (Å²) in [6.07, 6.45) is 2.48. The molecule has 4 nitrogen and oxygen atoms in total. The predicted molar refractivity (Wildman–Crippen MR) is 79.9 cm³/mol. The number of anilines is 1. The van der Waals surface area contributed by atoms with Crippen LogP contribution in [0.3, 0.4) is 0 Å². The molecule has 2 N–H and O–H groups in total. The quantitative estimate of drug-likeness (QED) is 0.849. The van der Waals surface area contributed by atoms with Crippen molar-refractivity contribution in [1.82, 2.24) is 5.32 Å². The van der Waals surface area contributed by atoms with Gasteiger partial charge in [-0.25, -0.2) is 0 Å². The molecule has 4 heteroatoms. The van der Waals surface area contributed by atoms with E-state index < -0.39 is 0 Å². The average molecular weight is 272 g/mol. The molecule has 20 heavy (non-hydrogen) atoms. The van der Waals surface area contributed by atoms with Crippen LogP contribution in [0.2, 0.25) is 0 Å². The molecule has 1 aromatic carbocycles. The summed E-state index contributed by atoms with van der Waals surface area (Å²) < 4.78 is 5.33. The van der Waals surface area contributed by atoms with Crippen LogP contribution >= 0.6 is 0 Å². The lowest BCUT2D eigenvalue weighted by atomic mass is 10.1. The van der Waals surface area contributed by atoms with E-state index in [1.807, 2.05) is 43.3 Å². The molecular weight excluding hydrogens is 252 g/mol. The van der Waals surface area contributed by atoms with E-state index >= 15 is 0 Å². The Morgan fingerprint density at radius 2 is 2.15 bits per heavy atom. The van der Waals surface area contributed by atoms with Crippen LogP contribution < -0.4 is 10.6 Å². The summed E-state index contributed by atoms with van der Waals surface area (Å²) in [4.78, 5) is 11.8. The van der Waals surface area contributed by atoms with Gasteiger partial charge < -0.3 is 15.1 Å². The Hall–Kier alpha value is -2.23. The molecule has 0 saturated carbocycles. The van der Waals surface area contributed by atoms with Crippen LogP contribution in [0, 0.1) is 0 Å². The Morgan fingerprint density at radius 1 is 1.30 bits per heavy atom. The zero-order valence-electron chi connectivity index (χ0n) is 11.8. The minimum atomic E-state index is -0.0464. The van der Waals surface area contributed by atoms with Gasteiger partial charge in [0.15, 0.2) is 0 Å². The van der Waals surface area contributed by atoms with E-state index in [1.54, 1.807) is 6.26 Å². The van der Waals surface area contributed by atoms with Crippen molar-refractivity contribution in [3.8, 4) is 0 Å². The van der Waals surface area contributed by atoms with Gasteiger partial charge >= 0.3 is 0 Å². The number of hydrogen-bond acceptors (Lipinski definition) is 3. The van der Waals surface area contributed by atoms with Gasteiger partial charge in [-0.2, -0.15) is 0 Å². The van der Waals surface area contributed by atoms with Crippen molar-refractivity contribution in [1.29, 1.82) is 0 Å². The van der Waals surface area contributed by atoms with Crippen molar-refractivity contribution in [3.63, 3.8) is 0 Å². The highest BCUT2D eigenvalue weighted by molar-refractivity contribution is 5.95. The zero-order valence-corrected chi connectivity index (χ0v) is 11.8. The minimum absolute atomic E-state index is 0.0464. The highest BCUT2D eigenvalue weighted by atomic mass is 16.3. The van der Waals surface area contributed by atoms with E-state index in [0.29, 0.717) is 12.1 Å². The number of carbonyl (C=O) groups is 1. The third kappa shape index (κ3) is 3.88. The van der Waals surface area contributed by atoms with Crippen molar-refractivity contribution in [2.75, 3.05) is 11.9 Å². The Bertz CT molecular complexity index is 549. The zero-order chi connectivity index (χ0) is 14.4. The van der Waals surface area contributed by atoms with Crippen molar-refractivity contribution < 1.29 is 9.21 Å². The Balaban J connectivity index is 1.98. The van der Waals surface area contributed by atoms with Gasteiger partial charge in [0.05, 0.1) is 6.26 Å². The molecule has 2 aromatic rings. The third-order valence-electron chi connectivity index (χ3n) is 2.96. The minimum Gasteiger partial charge on any atom is -0.469 e. The number of benzene rings is 1.